The van der Waals surface area contributed by atoms with Gasteiger partial charge in [-0.15, -0.1) is 0 Å². The topological polar surface area (TPSA) is 16.8 Å². The predicted octanol–water partition coefficient (Wildman–Crippen LogP) is 8.98. The van der Waals surface area contributed by atoms with Gasteiger partial charge in [-0.3, -0.25) is 0 Å². The summed E-state index contributed by atoms with van der Waals surface area (Å²) in [7, 11) is 2.15. The van der Waals surface area contributed by atoms with Gasteiger partial charge in [0.15, 0.2) is 5.52 Å². The number of aromatic nitrogens is 2. The first kappa shape index (κ1) is 24.4. The fraction of sp³-hybridized carbons (Fsp3) is 0.353. The quantitative estimate of drug-likeness (QED) is 0.172. The minimum atomic E-state index is 0.184. The average molecular weight is 506 g/mol. The van der Waals surface area contributed by atoms with E-state index >= 15 is 0 Å². The van der Waals surface area contributed by atoms with Crippen molar-refractivity contribution in [2.24, 2.45) is 17.9 Å². The molecular formula is C34H37N2S+. The lowest BCUT2D eigenvalue weighted by Crippen LogP contribution is -2.33. The minimum Gasteiger partial charge on any atom is -0.232 e. The number of hydrogen-bond acceptors (Lipinski definition) is 2. The van der Waals surface area contributed by atoms with Gasteiger partial charge < -0.3 is 0 Å². The van der Waals surface area contributed by atoms with Crippen LogP contribution in [-0.2, 0) is 19.9 Å². The Morgan fingerprint density at radius 2 is 1.51 bits per heavy atom. The molecule has 4 aromatic carbocycles. The number of benzene rings is 4. The van der Waals surface area contributed by atoms with Crippen LogP contribution in [-0.4, -0.2) is 4.98 Å². The summed E-state index contributed by atoms with van der Waals surface area (Å²) in [6.45, 7) is 16.3. The number of rotatable bonds is 2. The minimum absolute atomic E-state index is 0.184. The molecule has 5 aromatic rings. The Morgan fingerprint density at radius 3 is 2.22 bits per heavy atom. The highest BCUT2D eigenvalue weighted by Crippen LogP contribution is 2.54. The van der Waals surface area contributed by atoms with Crippen molar-refractivity contribution in [1.82, 2.24) is 4.98 Å². The van der Waals surface area contributed by atoms with Gasteiger partial charge in [0.2, 0.25) is 0 Å². The van der Waals surface area contributed by atoms with Crippen LogP contribution in [0.2, 0.25) is 0 Å². The molecule has 0 aliphatic carbocycles. The lowest BCUT2D eigenvalue weighted by molar-refractivity contribution is -0.662. The summed E-state index contributed by atoms with van der Waals surface area (Å²) < 4.78 is 2.24. The normalized spacial score (nSPS) is 13.5. The molecule has 37 heavy (non-hydrogen) atoms. The zero-order valence-corrected chi connectivity index (χ0v) is 24.2. The van der Waals surface area contributed by atoms with Gasteiger partial charge in [-0.1, -0.05) is 95.8 Å². The van der Waals surface area contributed by atoms with Crippen LogP contribution in [0.4, 0.5) is 0 Å². The molecule has 1 aromatic heterocycles. The number of hydrogen-bond donors (Lipinski definition) is 0. The predicted molar refractivity (Wildman–Crippen MR) is 159 cm³/mol. The summed E-state index contributed by atoms with van der Waals surface area (Å²) in [4.78, 5) is 7.71. The molecule has 0 radical (unpaired) electrons. The van der Waals surface area contributed by atoms with Crippen LogP contribution in [0.15, 0.2) is 64.6 Å². The van der Waals surface area contributed by atoms with Gasteiger partial charge >= 0.3 is 0 Å². The molecule has 2 nitrogen and oxygen atoms in total. The van der Waals surface area contributed by atoms with Gasteiger partial charge in [-0.2, -0.15) is 0 Å². The van der Waals surface area contributed by atoms with Crippen molar-refractivity contribution in [3.63, 3.8) is 0 Å². The van der Waals surface area contributed by atoms with E-state index < -0.39 is 0 Å². The highest BCUT2D eigenvalue weighted by atomic mass is 32.2. The van der Waals surface area contributed by atoms with E-state index in [4.69, 9.17) is 4.98 Å². The monoisotopic (exact) mass is 505 g/mol. The molecule has 1 aliphatic rings. The lowest BCUT2D eigenvalue weighted by Gasteiger charge is -2.28. The van der Waals surface area contributed by atoms with Gasteiger partial charge in [0, 0.05) is 15.4 Å². The molecule has 2 heterocycles. The summed E-state index contributed by atoms with van der Waals surface area (Å²) in [6.07, 6.45) is 4.11. The molecule has 0 bridgehead atoms. The summed E-state index contributed by atoms with van der Waals surface area (Å²) >= 11 is 1.98. The van der Waals surface area contributed by atoms with Gasteiger partial charge in [-0.25, -0.2) is 4.57 Å². The third-order valence-electron chi connectivity index (χ3n) is 7.51. The van der Waals surface area contributed by atoms with E-state index in [1.165, 1.54) is 64.7 Å². The Balaban J connectivity index is 1.72. The standard InChI is InChI=1S/C34H37N2S/c1-20-23-11-9-10-12-25(23)26(18-34(5,6)7)32-28(20)30-29-27(35-19-36(30)8)16-22-15-21(17-33(2,3)4)13-14-24(22)31(29)37-32/h9-16,19H,17-18H2,1-8H3/q+1. The van der Waals surface area contributed by atoms with E-state index in [1.807, 2.05) is 18.1 Å². The maximum Gasteiger partial charge on any atom is 0.287 e. The molecule has 0 spiro atoms. The van der Waals surface area contributed by atoms with Gasteiger partial charge in [0.05, 0.1) is 12.4 Å². The van der Waals surface area contributed by atoms with E-state index in [1.54, 1.807) is 0 Å². The molecular weight excluding hydrogens is 468 g/mol. The SMILES string of the molecule is Cc1c2c(c(CC(C)(C)C)c3ccccc13)Sc1c3ccc(CC(C)(C)C)cc3cc3nc[n+](C)c-2c13. The zero-order valence-electron chi connectivity index (χ0n) is 23.4. The van der Waals surface area contributed by atoms with E-state index in [0.717, 1.165) is 18.4 Å². The highest BCUT2D eigenvalue weighted by Gasteiger charge is 2.33. The van der Waals surface area contributed by atoms with Crippen LogP contribution in [0.1, 0.15) is 58.2 Å². The highest BCUT2D eigenvalue weighted by molar-refractivity contribution is 8.00. The third kappa shape index (κ3) is 4.12. The van der Waals surface area contributed by atoms with Crippen molar-refractivity contribution in [1.29, 1.82) is 0 Å². The fourth-order valence-electron chi connectivity index (χ4n) is 6.11. The van der Waals surface area contributed by atoms with Crippen molar-refractivity contribution in [3.05, 3.63) is 71.5 Å². The number of aryl methyl sites for hydroxylation is 2. The summed E-state index contributed by atoms with van der Waals surface area (Å²) in [5, 5.41) is 6.68. The second-order valence-corrected chi connectivity index (χ2v) is 14.3. The van der Waals surface area contributed by atoms with Crippen molar-refractivity contribution in [3.8, 4) is 11.3 Å². The molecule has 1 aliphatic heterocycles. The zero-order chi connectivity index (χ0) is 26.3. The van der Waals surface area contributed by atoms with E-state index in [0.29, 0.717) is 0 Å². The smallest absolute Gasteiger partial charge is 0.232 e. The molecule has 0 N–H and O–H groups in total. The lowest BCUT2D eigenvalue weighted by atomic mass is 9.83. The van der Waals surface area contributed by atoms with Crippen LogP contribution >= 0.6 is 11.8 Å². The molecule has 3 heteroatoms. The molecule has 6 rings (SSSR count). The van der Waals surface area contributed by atoms with Crippen molar-refractivity contribution in [2.45, 2.75) is 71.1 Å². The van der Waals surface area contributed by atoms with Crippen molar-refractivity contribution >= 4 is 44.2 Å². The first-order valence-corrected chi connectivity index (χ1v) is 14.2. The maximum atomic E-state index is 4.93. The average Bonchev–Trinajstić information content (AvgIpc) is 2.81. The molecule has 0 amide bonds. The Bertz CT molecular complexity index is 1730. The summed E-state index contributed by atoms with van der Waals surface area (Å²) in [6, 6.07) is 18.4. The largest absolute Gasteiger partial charge is 0.287 e. The van der Waals surface area contributed by atoms with Crippen LogP contribution in [0, 0.1) is 17.8 Å². The van der Waals surface area contributed by atoms with Crippen LogP contribution < -0.4 is 4.57 Å². The molecule has 0 saturated heterocycles. The Morgan fingerprint density at radius 1 is 0.811 bits per heavy atom. The van der Waals surface area contributed by atoms with Crippen LogP contribution in [0.25, 0.3) is 43.7 Å². The van der Waals surface area contributed by atoms with E-state index in [2.05, 4.69) is 109 Å². The van der Waals surface area contributed by atoms with Crippen molar-refractivity contribution < 1.29 is 4.57 Å². The Labute approximate surface area is 225 Å². The molecule has 0 fully saturated rings. The van der Waals surface area contributed by atoms with E-state index in [-0.39, 0.29) is 10.8 Å². The van der Waals surface area contributed by atoms with Gasteiger partial charge in [0.25, 0.3) is 6.33 Å². The molecule has 0 saturated carbocycles. The Hall–Kier alpha value is -2.91. The second kappa shape index (κ2) is 8.30. The first-order valence-electron chi connectivity index (χ1n) is 13.4. The summed E-state index contributed by atoms with van der Waals surface area (Å²) in [5.74, 6) is 0. The molecule has 188 valence electrons. The summed E-state index contributed by atoms with van der Waals surface area (Å²) in [5.41, 5.74) is 8.45. The second-order valence-electron chi connectivity index (χ2n) is 13.3. The molecule has 0 atom stereocenters. The maximum absolute atomic E-state index is 4.93. The fourth-order valence-corrected chi connectivity index (χ4v) is 7.57. The van der Waals surface area contributed by atoms with Gasteiger partial charge in [0.1, 0.15) is 5.69 Å². The van der Waals surface area contributed by atoms with Crippen LogP contribution in [0.3, 0.4) is 0 Å². The van der Waals surface area contributed by atoms with Gasteiger partial charge in [-0.05, 0) is 79.9 Å². The number of nitrogens with zero attached hydrogens (tertiary/aromatic N) is 2. The Kier molecular flexibility index (Phi) is 5.48. The van der Waals surface area contributed by atoms with Crippen molar-refractivity contribution in [2.75, 3.05) is 0 Å². The van der Waals surface area contributed by atoms with Crippen LogP contribution in [0.5, 0.6) is 0 Å². The molecule has 0 unspecified atom stereocenters. The third-order valence-corrected chi connectivity index (χ3v) is 8.79. The first-order chi connectivity index (χ1) is 17.4. The number of fused-ring (bicyclic) bond motifs is 5. The van der Waals surface area contributed by atoms with E-state index in [9.17, 15) is 0 Å².